The van der Waals surface area contributed by atoms with Gasteiger partial charge in [0.05, 0.1) is 19.4 Å². The number of hydrogen-bond donors (Lipinski definition) is 2. The lowest BCUT2D eigenvalue weighted by atomic mass is 10.0. The Hall–Kier alpha value is -4.25. The minimum Gasteiger partial charge on any atom is -0.497 e. The first kappa shape index (κ1) is 29.7. The predicted octanol–water partition coefficient (Wildman–Crippen LogP) is 3.97. The highest BCUT2D eigenvalue weighted by atomic mass is 32.2. The van der Waals surface area contributed by atoms with Crippen molar-refractivity contribution in [2.45, 2.75) is 39.7 Å². The van der Waals surface area contributed by atoms with Gasteiger partial charge in [-0.2, -0.15) is 8.42 Å². The number of amides is 3. The van der Waals surface area contributed by atoms with Crippen molar-refractivity contribution in [2.75, 3.05) is 36.0 Å². The van der Waals surface area contributed by atoms with Crippen molar-refractivity contribution in [3.05, 3.63) is 83.4 Å². The minimum atomic E-state index is -4.26. The second kappa shape index (κ2) is 12.9. The fraction of sp³-hybridized carbons (Fsp3) is 0.333. The van der Waals surface area contributed by atoms with E-state index in [0.29, 0.717) is 48.0 Å². The Morgan fingerprint density at radius 3 is 2.37 bits per heavy atom. The van der Waals surface area contributed by atoms with Gasteiger partial charge >= 0.3 is 16.2 Å². The van der Waals surface area contributed by atoms with Gasteiger partial charge in [-0.15, -0.1) is 0 Å². The fourth-order valence-electron chi connectivity index (χ4n) is 5.01. The summed E-state index contributed by atoms with van der Waals surface area (Å²) in [5.74, 6) is 0.949. The second-order valence-corrected chi connectivity index (χ2v) is 11.2. The molecule has 10 nitrogen and oxygen atoms in total. The van der Waals surface area contributed by atoms with Gasteiger partial charge in [0, 0.05) is 25.2 Å². The number of ether oxygens (including phenoxy) is 2. The quantitative estimate of drug-likeness (QED) is 0.355. The summed E-state index contributed by atoms with van der Waals surface area (Å²) in [6, 6.07) is 17.9. The van der Waals surface area contributed by atoms with Crippen LogP contribution in [0.3, 0.4) is 0 Å². The molecular weight excluding hydrogens is 544 g/mol. The third kappa shape index (κ3) is 6.91. The molecule has 0 radical (unpaired) electrons. The van der Waals surface area contributed by atoms with Gasteiger partial charge in [0.25, 0.3) is 0 Å². The van der Waals surface area contributed by atoms with Crippen molar-refractivity contribution < 1.29 is 27.5 Å². The molecule has 0 spiro atoms. The third-order valence-corrected chi connectivity index (χ3v) is 8.25. The predicted molar refractivity (Wildman–Crippen MR) is 159 cm³/mol. The van der Waals surface area contributed by atoms with E-state index in [1.807, 2.05) is 44.2 Å². The largest absolute Gasteiger partial charge is 0.497 e. The number of benzene rings is 3. The molecule has 0 saturated carbocycles. The zero-order valence-electron chi connectivity index (χ0n) is 23.7. The summed E-state index contributed by atoms with van der Waals surface area (Å²) in [6.07, 6.45) is 0.657. The number of carbonyl (C=O) groups is 2. The SMILES string of the molecule is CCOc1ccc(N(CC)C(=O)[C@H](Cc2ccccc2)NC(=O)NS(=O)(=O)N2CCc3cc(OC)cc(C)c32)cc1. The van der Waals surface area contributed by atoms with Crippen LogP contribution in [-0.4, -0.2) is 53.2 Å². The van der Waals surface area contributed by atoms with E-state index < -0.39 is 22.3 Å². The second-order valence-electron chi connectivity index (χ2n) is 9.61. The number of rotatable bonds is 11. The highest BCUT2D eigenvalue weighted by Gasteiger charge is 2.34. The van der Waals surface area contributed by atoms with E-state index in [4.69, 9.17) is 9.47 Å². The average Bonchev–Trinajstić information content (AvgIpc) is 3.40. The normalized spacial score (nSPS) is 13.2. The van der Waals surface area contributed by atoms with E-state index in [0.717, 1.165) is 11.1 Å². The Bertz CT molecular complexity index is 1480. The van der Waals surface area contributed by atoms with Crippen LogP contribution in [0.25, 0.3) is 0 Å². The summed E-state index contributed by atoms with van der Waals surface area (Å²) < 4.78 is 40.8. The van der Waals surface area contributed by atoms with Crippen LogP contribution in [0.5, 0.6) is 11.5 Å². The van der Waals surface area contributed by atoms with Crippen LogP contribution in [0.15, 0.2) is 66.7 Å². The van der Waals surface area contributed by atoms with Gasteiger partial charge in [-0.25, -0.2) is 9.52 Å². The molecule has 0 bridgehead atoms. The van der Waals surface area contributed by atoms with Gasteiger partial charge in [-0.05, 0) is 80.3 Å². The molecule has 1 aliphatic heterocycles. The van der Waals surface area contributed by atoms with Crippen molar-refractivity contribution in [3.63, 3.8) is 0 Å². The van der Waals surface area contributed by atoms with Crippen LogP contribution in [0, 0.1) is 6.92 Å². The Labute approximate surface area is 241 Å². The van der Waals surface area contributed by atoms with Crippen LogP contribution < -0.4 is 28.7 Å². The summed E-state index contributed by atoms with van der Waals surface area (Å²) >= 11 is 0. The van der Waals surface area contributed by atoms with E-state index in [1.165, 1.54) is 4.31 Å². The van der Waals surface area contributed by atoms with Gasteiger partial charge in [-0.1, -0.05) is 30.3 Å². The first-order chi connectivity index (χ1) is 19.7. The number of carbonyl (C=O) groups excluding carboxylic acids is 2. The molecule has 2 N–H and O–H groups in total. The molecule has 3 amide bonds. The number of nitrogens with one attached hydrogen (secondary N) is 2. The number of hydrogen-bond acceptors (Lipinski definition) is 6. The van der Waals surface area contributed by atoms with Crippen LogP contribution in [-0.2, 0) is 27.8 Å². The summed E-state index contributed by atoms with van der Waals surface area (Å²) in [7, 11) is -2.70. The Morgan fingerprint density at radius 2 is 1.73 bits per heavy atom. The lowest BCUT2D eigenvalue weighted by Crippen LogP contribution is -2.55. The summed E-state index contributed by atoms with van der Waals surface area (Å²) in [5.41, 5.74) is 3.51. The van der Waals surface area contributed by atoms with Crippen LogP contribution >= 0.6 is 0 Å². The molecule has 0 unspecified atom stereocenters. The lowest BCUT2D eigenvalue weighted by molar-refractivity contribution is -0.120. The van der Waals surface area contributed by atoms with Crippen LogP contribution in [0.4, 0.5) is 16.2 Å². The number of methoxy groups -OCH3 is 1. The highest BCUT2D eigenvalue weighted by Crippen LogP contribution is 2.36. The molecule has 3 aromatic rings. The maximum Gasteiger partial charge on any atom is 0.330 e. The Morgan fingerprint density at radius 1 is 1.02 bits per heavy atom. The van der Waals surface area contributed by atoms with Gasteiger partial charge in [0.1, 0.15) is 17.5 Å². The first-order valence-corrected chi connectivity index (χ1v) is 15.0. The molecule has 1 heterocycles. The molecular formula is C30H36N4O6S. The van der Waals surface area contributed by atoms with Gasteiger partial charge < -0.3 is 19.7 Å². The highest BCUT2D eigenvalue weighted by molar-refractivity contribution is 7.91. The number of likely N-dealkylation sites (N-methyl/N-ethyl adjacent to an activating group) is 1. The minimum absolute atomic E-state index is 0.173. The van der Waals surface area contributed by atoms with Crippen molar-refractivity contribution in [1.82, 2.24) is 10.0 Å². The van der Waals surface area contributed by atoms with Gasteiger partial charge in [0.15, 0.2) is 0 Å². The summed E-state index contributed by atoms with van der Waals surface area (Å²) in [6.45, 7) is 6.56. The molecule has 1 atom stereocenters. The number of nitrogens with zero attached hydrogens (tertiary/aromatic N) is 2. The van der Waals surface area contributed by atoms with Gasteiger partial charge in [-0.3, -0.25) is 9.10 Å². The molecule has 0 saturated heterocycles. The number of anilines is 2. The van der Waals surface area contributed by atoms with E-state index in [-0.39, 0.29) is 18.9 Å². The average molecular weight is 581 g/mol. The molecule has 0 aromatic heterocycles. The summed E-state index contributed by atoms with van der Waals surface area (Å²) in [4.78, 5) is 28.5. The van der Waals surface area contributed by atoms with Crippen molar-refractivity contribution in [1.29, 1.82) is 0 Å². The van der Waals surface area contributed by atoms with Crippen molar-refractivity contribution in [2.24, 2.45) is 0 Å². The molecule has 1 aliphatic rings. The first-order valence-electron chi connectivity index (χ1n) is 13.5. The smallest absolute Gasteiger partial charge is 0.330 e. The van der Waals surface area contributed by atoms with Gasteiger partial charge in [0.2, 0.25) is 5.91 Å². The maximum absolute atomic E-state index is 13.8. The number of urea groups is 1. The van der Waals surface area contributed by atoms with E-state index >= 15 is 0 Å². The zero-order chi connectivity index (χ0) is 29.6. The molecule has 0 fully saturated rings. The monoisotopic (exact) mass is 580 g/mol. The fourth-order valence-corrected chi connectivity index (χ4v) is 6.25. The topological polar surface area (TPSA) is 117 Å². The van der Waals surface area contributed by atoms with Crippen LogP contribution in [0.1, 0.15) is 30.5 Å². The van der Waals surface area contributed by atoms with E-state index in [2.05, 4.69) is 10.0 Å². The Balaban J connectivity index is 1.55. The lowest BCUT2D eigenvalue weighted by Gasteiger charge is -2.28. The van der Waals surface area contributed by atoms with Crippen LogP contribution in [0.2, 0.25) is 0 Å². The zero-order valence-corrected chi connectivity index (χ0v) is 24.5. The number of fused-ring (bicyclic) bond motifs is 1. The molecule has 4 rings (SSSR count). The Kier molecular flexibility index (Phi) is 9.38. The third-order valence-electron chi connectivity index (χ3n) is 6.86. The molecule has 11 heteroatoms. The van der Waals surface area contributed by atoms with E-state index in [1.54, 1.807) is 55.3 Å². The standard InChI is InChI=1S/C30H36N4O6S/c1-5-33(24-12-14-25(15-13-24)40-6-2)29(35)27(19-22-10-8-7-9-11-22)31-30(36)32-41(37,38)34-17-16-23-20-26(39-4)18-21(3)28(23)34/h7-15,18,20,27H,5-6,16-17,19H2,1-4H3,(H2,31,32,36)/t27-/m0/s1. The van der Waals surface area contributed by atoms with E-state index in [9.17, 15) is 18.0 Å². The summed E-state index contributed by atoms with van der Waals surface area (Å²) in [5, 5.41) is 2.63. The van der Waals surface area contributed by atoms with Crippen molar-refractivity contribution >= 4 is 33.5 Å². The molecule has 3 aromatic carbocycles. The van der Waals surface area contributed by atoms with Crippen molar-refractivity contribution in [3.8, 4) is 11.5 Å². The number of aryl methyl sites for hydroxylation is 1. The maximum atomic E-state index is 13.8. The molecule has 218 valence electrons. The molecule has 0 aliphatic carbocycles. The molecule has 41 heavy (non-hydrogen) atoms.